The molecule has 0 aromatic rings. The Morgan fingerprint density at radius 1 is 1.27 bits per heavy atom. The van der Waals surface area contributed by atoms with Crippen molar-refractivity contribution in [2.75, 3.05) is 6.61 Å². The van der Waals surface area contributed by atoms with Gasteiger partial charge < -0.3 is 5.11 Å². The van der Waals surface area contributed by atoms with Crippen LogP contribution in [0.15, 0.2) is 0 Å². The van der Waals surface area contributed by atoms with Crippen LogP contribution in [-0.2, 0) is 14.6 Å². The average molecular weight is 218 g/mol. The summed E-state index contributed by atoms with van der Waals surface area (Å²) in [5.74, 6) is -0.889. The maximum absolute atomic E-state index is 10.8. The van der Waals surface area contributed by atoms with Gasteiger partial charge in [-0.3, -0.25) is 4.79 Å². The number of carboxylic acids is 1. The van der Waals surface area contributed by atoms with Gasteiger partial charge in [0.05, 0.1) is 17.6 Å². The van der Waals surface area contributed by atoms with Gasteiger partial charge in [0.2, 0.25) is 0 Å². The fourth-order valence-electron chi connectivity index (χ4n) is 1.04. The molecule has 0 spiro atoms. The van der Waals surface area contributed by atoms with Crippen molar-refractivity contribution in [3.8, 4) is 0 Å². The molecule has 0 saturated carbocycles. The summed E-state index contributed by atoms with van der Waals surface area (Å²) in [4.78, 5) is 21.0. The topological polar surface area (TPSA) is 55.8 Å². The van der Waals surface area contributed by atoms with Crippen LogP contribution in [0.5, 0.6) is 0 Å². The van der Waals surface area contributed by atoms with Crippen LogP contribution in [0.4, 0.5) is 0 Å². The number of rotatable bonds is 7. The second-order valence-corrected chi connectivity index (χ2v) is 5.04. The second-order valence-electron chi connectivity index (χ2n) is 5.04. The first-order valence-electron chi connectivity index (χ1n) is 5.25. The SMILES string of the molecule is CCCC(C)(C)OOCC(C)(C)C(=O)O. The molecule has 90 valence electrons. The van der Waals surface area contributed by atoms with Gasteiger partial charge in [0.1, 0.15) is 0 Å². The van der Waals surface area contributed by atoms with E-state index < -0.39 is 11.4 Å². The third kappa shape index (κ3) is 5.74. The summed E-state index contributed by atoms with van der Waals surface area (Å²) in [5, 5.41) is 8.84. The van der Waals surface area contributed by atoms with E-state index in [2.05, 4.69) is 6.92 Å². The van der Waals surface area contributed by atoms with Gasteiger partial charge in [-0.15, -0.1) is 0 Å². The molecule has 0 heterocycles. The average Bonchev–Trinajstić information content (AvgIpc) is 2.02. The van der Waals surface area contributed by atoms with Crippen LogP contribution >= 0.6 is 0 Å². The molecule has 0 aliphatic rings. The number of aliphatic carboxylic acids is 1. The van der Waals surface area contributed by atoms with E-state index in [9.17, 15) is 4.79 Å². The molecule has 1 N–H and O–H groups in total. The first-order valence-corrected chi connectivity index (χ1v) is 5.25. The van der Waals surface area contributed by atoms with E-state index in [1.54, 1.807) is 13.8 Å². The quantitative estimate of drug-likeness (QED) is 0.527. The first-order chi connectivity index (χ1) is 6.71. The molecular weight excluding hydrogens is 196 g/mol. The molecule has 15 heavy (non-hydrogen) atoms. The van der Waals surface area contributed by atoms with Crippen LogP contribution in [0.2, 0.25) is 0 Å². The summed E-state index contributed by atoms with van der Waals surface area (Å²) in [6.45, 7) is 9.16. The lowest BCUT2D eigenvalue weighted by atomic mass is 9.96. The van der Waals surface area contributed by atoms with Crippen LogP contribution in [-0.4, -0.2) is 23.3 Å². The van der Waals surface area contributed by atoms with Gasteiger partial charge >= 0.3 is 5.97 Å². The Balaban J connectivity index is 3.93. The van der Waals surface area contributed by atoms with E-state index in [1.165, 1.54) is 0 Å². The fraction of sp³-hybridized carbons (Fsp3) is 0.909. The van der Waals surface area contributed by atoms with Crippen molar-refractivity contribution < 1.29 is 19.7 Å². The molecule has 0 aliphatic heterocycles. The van der Waals surface area contributed by atoms with E-state index in [-0.39, 0.29) is 12.2 Å². The van der Waals surface area contributed by atoms with Crippen LogP contribution < -0.4 is 0 Å². The minimum Gasteiger partial charge on any atom is -0.481 e. The molecule has 0 rings (SSSR count). The van der Waals surface area contributed by atoms with Crippen molar-refractivity contribution >= 4 is 5.97 Å². The van der Waals surface area contributed by atoms with Gasteiger partial charge in [0.15, 0.2) is 0 Å². The van der Waals surface area contributed by atoms with Crippen molar-refractivity contribution in [1.82, 2.24) is 0 Å². The zero-order chi connectivity index (χ0) is 12.1. The second kappa shape index (κ2) is 5.47. The molecule has 0 saturated heterocycles. The molecule has 0 amide bonds. The molecule has 0 aromatic carbocycles. The molecule has 0 aliphatic carbocycles. The Hall–Kier alpha value is -0.610. The fourth-order valence-corrected chi connectivity index (χ4v) is 1.04. The normalized spacial score (nSPS) is 12.9. The number of hydrogen-bond acceptors (Lipinski definition) is 3. The van der Waals surface area contributed by atoms with E-state index in [4.69, 9.17) is 14.9 Å². The number of carboxylic acid groups (broad SMARTS) is 1. The molecular formula is C11H22O4. The monoisotopic (exact) mass is 218 g/mol. The highest BCUT2D eigenvalue weighted by atomic mass is 17.2. The van der Waals surface area contributed by atoms with E-state index in [0.717, 1.165) is 12.8 Å². The summed E-state index contributed by atoms with van der Waals surface area (Å²) in [6, 6.07) is 0. The largest absolute Gasteiger partial charge is 0.481 e. The Bertz CT molecular complexity index is 209. The lowest BCUT2D eigenvalue weighted by Crippen LogP contribution is -2.32. The summed E-state index contributed by atoms with van der Waals surface area (Å²) in [6.07, 6.45) is 1.87. The molecule has 0 unspecified atom stereocenters. The van der Waals surface area contributed by atoms with Gasteiger partial charge in [-0.1, -0.05) is 13.3 Å². The lowest BCUT2D eigenvalue weighted by Gasteiger charge is -2.25. The highest BCUT2D eigenvalue weighted by molar-refractivity contribution is 5.73. The summed E-state index contributed by atoms with van der Waals surface area (Å²) < 4.78 is 0. The number of hydrogen-bond donors (Lipinski definition) is 1. The summed E-state index contributed by atoms with van der Waals surface area (Å²) >= 11 is 0. The smallest absolute Gasteiger partial charge is 0.311 e. The van der Waals surface area contributed by atoms with Crippen molar-refractivity contribution in [3.63, 3.8) is 0 Å². The minimum absolute atomic E-state index is 0.0511. The van der Waals surface area contributed by atoms with E-state index in [0.29, 0.717) is 0 Å². The Labute approximate surface area is 91.5 Å². The van der Waals surface area contributed by atoms with E-state index in [1.807, 2.05) is 13.8 Å². The molecule has 0 fully saturated rings. The van der Waals surface area contributed by atoms with Gasteiger partial charge in [0, 0.05) is 0 Å². The zero-order valence-electron chi connectivity index (χ0n) is 10.3. The summed E-state index contributed by atoms with van der Waals surface area (Å²) in [5.41, 5.74) is -1.27. The van der Waals surface area contributed by atoms with Gasteiger partial charge in [-0.25, -0.2) is 9.78 Å². The summed E-state index contributed by atoms with van der Waals surface area (Å²) in [7, 11) is 0. The predicted molar refractivity (Wildman–Crippen MR) is 57.4 cm³/mol. The number of carbonyl (C=O) groups is 1. The van der Waals surface area contributed by atoms with E-state index >= 15 is 0 Å². The van der Waals surface area contributed by atoms with Crippen molar-refractivity contribution in [1.29, 1.82) is 0 Å². The van der Waals surface area contributed by atoms with Crippen LogP contribution in [0.25, 0.3) is 0 Å². The van der Waals surface area contributed by atoms with Gasteiger partial charge in [0.25, 0.3) is 0 Å². The lowest BCUT2D eigenvalue weighted by molar-refractivity contribution is -0.362. The molecule has 4 heteroatoms. The van der Waals surface area contributed by atoms with Crippen LogP contribution in [0.3, 0.4) is 0 Å². The zero-order valence-corrected chi connectivity index (χ0v) is 10.3. The molecule has 0 bridgehead atoms. The third-order valence-corrected chi connectivity index (χ3v) is 2.14. The Kier molecular flexibility index (Phi) is 5.24. The van der Waals surface area contributed by atoms with Crippen molar-refractivity contribution in [2.24, 2.45) is 5.41 Å². The van der Waals surface area contributed by atoms with Gasteiger partial charge in [-0.2, -0.15) is 0 Å². The van der Waals surface area contributed by atoms with Crippen molar-refractivity contribution in [2.45, 2.75) is 53.1 Å². The molecule has 4 nitrogen and oxygen atoms in total. The third-order valence-electron chi connectivity index (χ3n) is 2.14. The molecule has 0 atom stereocenters. The first kappa shape index (κ1) is 14.4. The maximum Gasteiger partial charge on any atom is 0.311 e. The van der Waals surface area contributed by atoms with Crippen LogP contribution in [0, 0.1) is 5.41 Å². The molecule has 0 aromatic heterocycles. The van der Waals surface area contributed by atoms with Gasteiger partial charge in [-0.05, 0) is 34.1 Å². The Morgan fingerprint density at radius 3 is 2.20 bits per heavy atom. The Morgan fingerprint density at radius 2 is 1.80 bits per heavy atom. The highest BCUT2D eigenvalue weighted by Crippen LogP contribution is 2.20. The standard InChI is InChI=1S/C11H22O4/c1-6-7-11(4,5)15-14-8-10(2,3)9(12)13/h6-8H2,1-5H3,(H,12,13). The van der Waals surface area contributed by atoms with Crippen LogP contribution in [0.1, 0.15) is 47.5 Å². The highest BCUT2D eigenvalue weighted by Gasteiger charge is 2.29. The molecule has 0 radical (unpaired) electrons. The predicted octanol–water partition coefficient (Wildman–Crippen LogP) is 2.62. The maximum atomic E-state index is 10.8. The minimum atomic E-state index is -0.914. The van der Waals surface area contributed by atoms with Crippen molar-refractivity contribution in [3.05, 3.63) is 0 Å².